The Balaban J connectivity index is 1.78. The van der Waals surface area contributed by atoms with Crippen molar-refractivity contribution in [3.63, 3.8) is 0 Å². The van der Waals surface area contributed by atoms with Gasteiger partial charge in [-0.1, -0.05) is 36.4 Å². The third-order valence-electron chi connectivity index (χ3n) is 5.95. The van der Waals surface area contributed by atoms with E-state index in [0.29, 0.717) is 24.4 Å². The minimum atomic E-state index is -0.0895. The summed E-state index contributed by atoms with van der Waals surface area (Å²) < 4.78 is 0. The predicted octanol–water partition coefficient (Wildman–Crippen LogP) is 4.05. The van der Waals surface area contributed by atoms with Crippen LogP contribution in [0.15, 0.2) is 48.7 Å². The van der Waals surface area contributed by atoms with Crippen molar-refractivity contribution in [3.05, 3.63) is 59.8 Å². The van der Waals surface area contributed by atoms with E-state index in [0.717, 1.165) is 30.6 Å². The van der Waals surface area contributed by atoms with Gasteiger partial charge < -0.3 is 10.2 Å². The summed E-state index contributed by atoms with van der Waals surface area (Å²) in [6, 6.07) is 15.1. The van der Waals surface area contributed by atoms with Crippen LogP contribution in [0.5, 0.6) is 0 Å². The second kappa shape index (κ2) is 9.20. The van der Waals surface area contributed by atoms with E-state index in [4.69, 9.17) is 0 Å². The molecule has 0 aliphatic heterocycles. The number of carbonyl (C=O) groups excluding carboxylic acids is 1. The van der Waals surface area contributed by atoms with Crippen LogP contribution in [0.4, 0.5) is 10.6 Å². The van der Waals surface area contributed by atoms with E-state index in [-0.39, 0.29) is 6.03 Å². The third-order valence-corrected chi connectivity index (χ3v) is 5.95. The summed E-state index contributed by atoms with van der Waals surface area (Å²) in [5, 5.41) is 2.79. The molecule has 3 atom stereocenters. The van der Waals surface area contributed by atoms with Gasteiger partial charge in [0.25, 0.3) is 0 Å². The van der Waals surface area contributed by atoms with Gasteiger partial charge in [-0.15, -0.1) is 0 Å². The van der Waals surface area contributed by atoms with Crippen LogP contribution in [0.1, 0.15) is 36.3 Å². The molecule has 150 valence electrons. The zero-order valence-electron chi connectivity index (χ0n) is 17.4. The van der Waals surface area contributed by atoms with Gasteiger partial charge in [-0.2, -0.15) is 0 Å². The van der Waals surface area contributed by atoms with Crippen LogP contribution in [0.3, 0.4) is 0 Å². The van der Waals surface area contributed by atoms with Crippen molar-refractivity contribution < 1.29 is 4.79 Å². The van der Waals surface area contributed by atoms with Crippen LogP contribution in [-0.2, 0) is 0 Å². The number of hydrogen-bond acceptors (Lipinski definition) is 3. The highest BCUT2D eigenvalue weighted by Crippen LogP contribution is 2.38. The van der Waals surface area contributed by atoms with Crippen molar-refractivity contribution in [2.75, 3.05) is 32.6 Å². The van der Waals surface area contributed by atoms with Crippen molar-refractivity contribution in [2.45, 2.75) is 38.1 Å². The topological polar surface area (TPSA) is 48.5 Å². The van der Waals surface area contributed by atoms with E-state index in [1.54, 1.807) is 13.2 Å². The van der Waals surface area contributed by atoms with E-state index in [1.165, 1.54) is 5.56 Å². The van der Waals surface area contributed by atoms with Crippen LogP contribution in [0.25, 0.3) is 0 Å². The van der Waals surface area contributed by atoms with Gasteiger partial charge in [0.2, 0.25) is 0 Å². The van der Waals surface area contributed by atoms with Crippen molar-refractivity contribution in [3.8, 4) is 0 Å². The second-order valence-electron chi connectivity index (χ2n) is 8.04. The minimum absolute atomic E-state index is 0.0895. The summed E-state index contributed by atoms with van der Waals surface area (Å²) >= 11 is 0. The van der Waals surface area contributed by atoms with E-state index in [1.807, 2.05) is 24.0 Å². The van der Waals surface area contributed by atoms with Crippen molar-refractivity contribution in [1.29, 1.82) is 0 Å². The Morgan fingerprint density at radius 3 is 2.54 bits per heavy atom. The molecule has 2 aromatic rings. The Bertz CT molecular complexity index is 777. The number of carbonyl (C=O) groups is 1. The summed E-state index contributed by atoms with van der Waals surface area (Å²) in [6.07, 6.45) is 5.09. The third kappa shape index (κ3) is 4.53. The van der Waals surface area contributed by atoms with Crippen LogP contribution >= 0.6 is 0 Å². The molecule has 1 heterocycles. The first kappa shape index (κ1) is 20.3. The first-order valence-electron chi connectivity index (χ1n) is 10.1. The maximum absolute atomic E-state index is 12.6. The molecule has 0 saturated heterocycles. The summed E-state index contributed by atoms with van der Waals surface area (Å²) in [6.45, 7) is 2.70. The van der Waals surface area contributed by atoms with E-state index in [2.05, 4.69) is 59.6 Å². The Morgan fingerprint density at radius 1 is 1.14 bits per heavy atom. The van der Waals surface area contributed by atoms with Gasteiger partial charge in [0, 0.05) is 25.8 Å². The van der Waals surface area contributed by atoms with Gasteiger partial charge in [0.1, 0.15) is 5.82 Å². The maximum atomic E-state index is 12.6. The van der Waals surface area contributed by atoms with Crippen LogP contribution in [0, 0.1) is 12.8 Å². The molecule has 2 amide bonds. The zero-order valence-corrected chi connectivity index (χ0v) is 17.4. The molecule has 0 radical (unpaired) electrons. The standard InChI is InChI=1S/C23H32N4O/c1-17-9-8-14-25-22(17)27(23(28)24-2)16-18-12-13-20(21(15-18)26(3)4)19-10-6-5-7-11-19/h5-11,14,18,20-21H,12-13,15-16H2,1-4H3,(H,24,28). The summed E-state index contributed by atoms with van der Waals surface area (Å²) in [4.78, 5) is 21.3. The number of urea groups is 1. The van der Waals surface area contributed by atoms with Crippen LogP contribution < -0.4 is 10.2 Å². The number of likely N-dealkylation sites (N-methyl/N-ethyl adjacent to an activating group) is 1. The lowest BCUT2D eigenvalue weighted by Crippen LogP contribution is -2.46. The highest BCUT2D eigenvalue weighted by atomic mass is 16.2. The number of hydrogen-bond donors (Lipinski definition) is 1. The van der Waals surface area contributed by atoms with Gasteiger partial charge >= 0.3 is 6.03 Å². The quantitative estimate of drug-likeness (QED) is 0.851. The van der Waals surface area contributed by atoms with Crippen molar-refractivity contribution >= 4 is 11.8 Å². The Labute approximate surface area is 168 Å². The zero-order chi connectivity index (χ0) is 20.1. The minimum Gasteiger partial charge on any atom is -0.341 e. The molecule has 1 aliphatic carbocycles. The van der Waals surface area contributed by atoms with Crippen LogP contribution in [0.2, 0.25) is 0 Å². The molecule has 3 unspecified atom stereocenters. The first-order valence-corrected chi connectivity index (χ1v) is 10.1. The smallest absolute Gasteiger partial charge is 0.322 e. The molecule has 5 nitrogen and oxygen atoms in total. The molecule has 5 heteroatoms. The second-order valence-corrected chi connectivity index (χ2v) is 8.04. The number of nitrogens with one attached hydrogen (secondary N) is 1. The lowest BCUT2D eigenvalue weighted by molar-refractivity contribution is 0.161. The number of aromatic nitrogens is 1. The van der Waals surface area contributed by atoms with Gasteiger partial charge in [-0.25, -0.2) is 9.78 Å². The molecule has 3 rings (SSSR count). The molecule has 1 aliphatic rings. The van der Waals surface area contributed by atoms with E-state index >= 15 is 0 Å². The molecule has 28 heavy (non-hydrogen) atoms. The van der Waals surface area contributed by atoms with Gasteiger partial charge in [-0.3, -0.25) is 4.90 Å². The summed E-state index contributed by atoms with van der Waals surface area (Å²) in [5.74, 6) is 1.75. The molecule has 0 spiro atoms. The van der Waals surface area contributed by atoms with Gasteiger partial charge in [0.15, 0.2) is 0 Å². The summed E-state index contributed by atoms with van der Waals surface area (Å²) in [7, 11) is 6.02. The molecular weight excluding hydrogens is 348 g/mol. The Hall–Kier alpha value is -2.40. The fraction of sp³-hybridized carbons (Fsp3) is 0.478. The van der Waals surface area contributed by atoms with Crippen molar-refractivity contribution in [1.82, 2.24) is 15.2 Å². The molecular formula is C23H32N4O. The van der Waals surface area contributed by atoms with Crippen molar-refractivity contribution in [2.24, 2.45) is 5.92 Å². The van der Waals surface area contributed by atoms with Crippen LogP contribution in [-0.4, -0.2) is 49.6 Å². The average Bonchev–Trinajstić information content (AvgIpc) is 2.72. The van der Waals surface area contributed by atoms with Gasteiger partial charge in [-0.05, 0) is 69.3 Å². The Morgan fingerprint density at radius 2 is 1.89 bits per heavy atom. The fourth-order valence-electron chi connectivity index (χ4n) is 4.48. The predicted molar refractivity (Wildman–Crippen MR) is 115 cm³/mol. The first-order chi connectivity index (χ1) is 13.5. The maximum Gasteiger partial charge on any atom is 0.322 e. The molecule has 0 bridgehead atoms. The Kier molecular flexibility index (Phi) is 6.68. The van der Waals surface area contributed by atoms with E-state index < -0.39 is 0 Å². The molecule has 1 N–H and O–H groups in total. The van der Waals surface area contributed by atoms with E-state index in [9.17, 15) is 4.79 Å². The number of pyridine rings is 1. The SMILES string of the molecule is CNC(=O)N(CC1CCC(c2ccccc2)C(N(C)C)C1)c1ncccc1C. The normalized spacial score (nSPS) is 22.1. The largest absolute Gasteiger partial charge is 0.341 e. The number of benzene rings is 1. The average molecular weight is 381 g/mol. The lowest BCUT2D eigenvalue weighted by atomic mass is 9.74. The lowest BCUT2D eigenvalue weighted by Gasteiger charge is -2.41. The highest BCUT2D eigenvalue weighted by molar-refractivity contribution is 5.91. The monoisotopic (exact) mass is 380 g/mol. The summed E-state index contributed by atoms with van der Waals surface area (Å²) in [5.41, 5.74) is 2.44. The number of amides is 2. The molecule has 1 fully saturated rings. The molecule has 1 aromatic carbocycles. The number of anilines is 1. The van der Waals surface area contributed by atoms with Gasteiger partial charge in [0.05, 0.1) is 0 Å². The number of nitrogens with zero attached hydrogens (tertiary/aromatic N) is 3. The highest BCUT2D eigenvalue weighted by Gasteiger charge is 2.34. The molecule has 1 aromatic heterocycles. The fourth-order valence-corrected chi connectivity index (χ4v) is 4.48. The molecule has 1 saturated carbocycles. The number of aryl methyl sites for hydroxylation is 1. The number of rotatable bonds is 5.